The SMILES string of the molecule is CC(=O)[C@H]1CC[C@H]2[C@@H]3CCC4=CC(=O)CC[C@]4(C)[C@H]3CC[C@]12C.[Ca+2].[Ca+2].[Ca+2].[Ca+2].[Ca+2].[Ca+2].[Ca+2].[Ca+2].[Ca+2].[Ca+2].[Ca+2].[Ca+2].[Ca+2].[Ca+2].[Ca+2].[H-].[H-].[H-].[H-].[H-].[H-].[H-].[H-].[H-].[H-].[H-].[H-].[H-].[H-].[H-].[H-].[H-].[H-].[H-].[H-].[H-].[H-].[H-].[H-].[H-].[H-].[H-].[H-].[H-].[H-]. The van der Waals surface area contributed by atoms with Crippen molar-refractivity contribution in [3.05, 3.63) is 11.6 Å². The monoisotopic (exact) mass is 944 g/mol. The molecule has 6 atom stereocenters. The molecule has 0 N–H and O–H groups in total. The largest absolute Gasteiger partial charge is 2.00 e. The smallest absolute Gasteiger partial charge is 1.00 e. The number of hydrogen-bond acceptors (Lipinski definition) is 2. The second-order valence-corrected chi connectivity index (χ2v) is 9.25. The maximum absolute atomic E-state index is 12.1. The topological polar surface area (TPSA) is 34.1 Å². The minimum atomic E-state index is 0. The average molecular weight is 946 g/mol. The maximum Gasteiger partial charge on any atom is 2.00 e. The third kappa shape index (κ3) is 23.7. The molecular formula is C21H60Ca15O2. The van der Waals surface area contributed by atoms with Gasteiger partial charge in [-0.3, -0.25) is 9.59 Å². The summed E-state index contributed by atoms with van der Waals surface area (Å²) >= 11 is 0. The number of carbonyl (C=O) groups excluding carboxylic acids is 2. The first-order valence-corrected chi connectivity index (χ1v) is 9.60. The molecule has 0 radical (unpaired) electrons. The third-order valence-electron chi connectivity index (χ3n) is 8.45. The predicted molar refractivity (Wildman–Crippen MR) is 211 cm³/mol. The average Bonchev–Trinajstić information content (AvgIpc) is 2.85. The standard InChI is InChI=1S/C21H30O2.15Ca.30H/c1-13(22)17-6-7-18-16-5-4-14-12-15(23)8-10-20(14,2)19(16)9-11-21(17,18)3;;;;;;;;;;;;;;;;;;;;;;;;;;;;;;;;;;;;;;;;;;;;;/h12,16-19H,4-11H2,1-3H3;;;;;;;;;;;;;;;;;;;;;;;;;;;;;;;;;;;;;;;;;;;;;/q;15*+2;30*-1/t16-,17+,18-,19-,20-,21+;;;;;;;;;;;;;;;;;;;;;;;;;;;;;;;;;;;;;;;;;;;;;/m0............................................./s1. The number of fused-ring (bicyclic) bond motifs is 5. The first-order valence-electron chi connectivity index (χ1n) is 9.60. The predicted octanol–water partition coefficient (Wildman–Crippen LogP) is 2.39. The third-order valence-corrected chi connectivity index (χ3v) is 8.45. The van der Waals surface area contributed by atoms with E-state index in [1.165, 1.54) is 31.3 Å². The van der Waals surface area contributed by atoms with E-state index in [0.717, 1.165) is 43.4 Å². The van der Waals surface area contributed by atoms with Crippen molar-refractivity contribution in [1.29, 1.82) is 0 Å². The van der Waals surface area contributed by atoms with Gasteiger partial charge in [0.15, 0.2) is 5.78 Å². The number of allylic oxidation sites excluding steroid dienone is 1. The van der Waals surface area contributed by atoms with Crippen molar-refractivity contribution in [3.63, 3.8) is 0 Å². The Labute approximate surface area is 726 Å². The Morgan fingerprint density at radius 2 is 1.16 bits per heavy atom. The van der Waals surface area contributed by atoms with Gasteiger partial charge in [0.25, 0.3) is 0 Å². The fraction of sp³-hybridized carbons (Fsp3) is 0.810. The minimum absolute atomic E-state index is 0. The zero-order chi connectivity index (χ0) is 16.4. The van der Waals surface area contributed by atoms with Crippen molar-refractivity contribution in [2.24, 2.45) is 34.5 Å². The summed E-state index contributed by atoms with van der Waals surface area (Å²) in [6, 6.07) is 0. The van der Waals surface area contributed by atoms with Gasteiger partial charge in [0.1, 0.15) is 5.78 Å². The Morgan fingerprint density at radius 3 is 1.61 bits per heavy atom. The summed E-state index contributed by atoms with van der Waals surface area (Å²) in [5.41, 5.74) is 1.95. The molecule has 186 valence electrons. The van der Waals surface area contributed by atoms with E-state index < -0.39 is 0 Å². The van der Waals surface area contributed by atoms with Crippen LogP contribution in [0, 0.1) is 34.5 Å². The molecule has 0 amide bonds. The van der Waals surface area contributed by atoms with Gasteiger partial charge in [0, 0.05) is 12.3 Å². The minimum Gasteiger partial charge on any atom is -1.00 e. The van der Waals surface area contributed by atoms with Crippen LogP contribution in [-0.4, -0.2) is 578 Å². The van der Waals surface area contributed by atoms with E-state index in [-0.39, 0.29) is 620 Å². The van der Waals surface area contributed by atoms with Crippen molar-refractivity contribution >= 4 is 578 Å². The van der Waals surface area contributed by atoms with Crippen LogP contribution in [0.25, 0.3) is 0 Å². The van der Waals surface area contributed by atoms with Gasteiger partial charge < -0.3 is 42.8 Å². The van der Waals surface area contributed by atoms with Gasteiger partial charge in [-0.1, -0.05) is 19.4 Å². The second kappa shape index (κ2) is 44.5. The molecule has 0 unspecified atom stereocenters. The van der Waals surface area contributed by atoms with Gasteiger partial charge in [-0.15, -0.1) is 0 Å². The maximum atomic E-state index is 12.1. The van der Waals surface area contributed by atoms with Gasteiger partial charge in [-0.25, -0.2) is 0 Å². The van der Waals surface area contributed by atoms with Crippen molar-refractivity contribution in [2.75, 3.05) is 0 Å². The molecule has 0 aliphatic heterocycles. The van der Waals surface area contributed by atoms with Crippen LogP contribution < -0.4 is 0 Å². The van der Waals surface area contributed by atoms with E-state index in [9.17, 15) is 9.59 Å². The molecule has 0 spiro atoms. The van der Waals surface area contributed by atoms with E-state index in [4.69, 9.17) is 0 Å². The first kappa shape index (κ1) is 87.5. The van der Waals surface area contributed by atoms with Crippen LogP contribution in [0.4, 0.5) is 0 Å². The molecule has 4 rings (SSSR count). The van der Waals surface area contributed by atoms with Crippen molar-refractivity contribution in [2.45, 2.75) is 72.1 Å². The molecule has 0 bridgehead atoms. The fourth-order valence-electron chi connectivity index (χ4n) is 7.23. The van der Waals surface area contributed by atoms with Crippen LogP contribution in [0.1, 0.15) is 115 Å². The molecule has 3 fully saturated rings. The van der Waals surface area contributed by atoms with Crippen LogP contribution in [-0.2, 0) is 9.59 Å². The van der Waals surface area contributed by atoms with Crippen molar-refractivity contribution in [1.82, 2.24) is 0 Å². The summed E-state index contributed by atoms with van der Waals surface area (Å²) in [5, 5.41) is 0. The zero-order valence-electron chi connectivity index (χ0n) is 55.5. The Morgan fingerprint density at radius 1 is 0.684 bits per heavy atom. The van der Waals surface area contributed by atoms with Crippen molar-refractivity contribution in [3.8, 4) is 0 Å². The quantitative estimate of drug-likeness (QED) is 0.380. The molecule has 17 heteroatoms. The number of carbonyl (C=O) groups is 2. The summed E-state index contributed by atoms with van der Waals surface area (Å²) in [6.45, 7) is 6.65. The molecule has 38 heavy (non-hydrogen) atoms. The Kier molecular flexibility index (Phi) is 103. The normalized spacial score (nSPS) is 29.7. The summed E-state index contributed by atoms with van der Waals surface area (Å²) in [6.07, 6.45) is 10.9. The number of rotatable bonds is 1. The zero-order valence-corrected chi connectivity index (χ0v) is 58.6. The van der Waals surface area contributed by atoms with Gasteiger partial charge in [0.2, 0.25) is 0 Å². The molecule has 4 aliphatic rings. The van der Waals surface area contributed by atoms with Gasteiger partial charge in [-0.2, -0.15) is 0 Å². The van der Waals surface area contributed by atoms with E-state index in [2.05, 4.69) is 13.8 Å². The molecule has 3 saturated carbocycles. The van der Waals surface area contributed by atoms with Crippen LogP contribution in [0.15, 0.2) is 11.6 Å². The van der Waals surface area contributed by atoms with Gasteiger partial charge in [-0.05, 0) is 86.5 Å². The second-order valence-electron chi connectivity index (χ2n) is 9.25. The summed E-state index contributed by atoms with van der Waals surface area (Å²) in [5.74, 6) is 3.29. The van der Waals surface area contributed by atoms with Crippen LogP contribution in [0.3, 0.4) is 0 Å². The molecular weight excluding hydrogens is 885 g/mol. The van der Waals surface area contributed by atoms with E-state index in [0.29, 0.717) is 17.5 Å². The van der Waals surface area contributed by atoms with E-state index >= 15 is 0 Å². The summed E-state index contributed by atoms with van der Waals surface area (Å²) in [7, 11) is 0. The molecule has 2 nitrogen and oxygen atoms in total. The Balaban J connectivity index is -0.00000000376. The van der Waals surface area contributed by atoms with Crippen molar-refractivity contribution < 1.29 is 52.4 Å². The molecule has 0 aromatic carbocycles. The molecule has 0 heterocycles. The van der Waals surface area contributed by atoms with E-state index in [1.54, 1.807) is 6.92 Å². The van der Waals surface area contributed by atoms with Crippen LogP contribution in [0.2, 0.25) is 0 Å². The Hall–Kier alpha value is 18.0. The molecule has 0 aromatic rings. The fourth-order valence-corrected chi connectivity index (χ4v) is 7.23. The number of hydrogen-bond donors (Lipinski definition) is 0. The molecule has 0 saturated heterocycles. The van der Waals surface area contributed by atoms with Crippen LogP contribution >= 0.6 is 0 Å². The first-order chi connectivity index (χ1) is 10.9. The summed E-state index contributed by atoms with van der Waals surface area (Å²) < 4.78 is 0. The Bertz CT molecular complexity index is 693. The van der Waals surface area contributed by atoms with E-state index in [1.807, 2.05) is 6.08 Å². The van der Waals surface area contributed by atoms with Gasteiger partial charge >= 0.3 is 566 Å². The summed E-state index contributed by atoms with van der Waals surface area (Å²) in [4.78, 5) is 24.0. The number of Topliss-reactive ketones (excluding diaryl/α,β-unsaturated/α-hetero) is 1. The van der Waals surface area contributed by atoms with Crippen LogP contribution in [0.5, 0.6) is 0 Å². The van der Waals surface area contributed by atoms with Gasteiger partial charge in [0.05, 0.1) is 0 Å². The molecule has 0 aromatic heterocycles. The number of ketones is 2. The molecule has 4 aliphatic carbocycles.